The van der Waals surface area contributed by atoms with Gasteiger partial charge in [-0.05, 0) is 6.07 Å². The molecule has 5 heteroatoms. The first-order valence-electron chi connectivity index (χ1n) is 4.33. The number of aromatic nitrogens is 3. The van der Waals surface area contributed by atoms with E-state index in [2.05, 4.69) is 15.0 Å². The molecule has 15 heavy (non-hydrogen) atoms. The second kappa shape index (κ2) is 3.51. The highest BCUT2D eigenvalue weighted by Crippen LogP contribution is 2.21. The normalized spacial score (nSPS) is 10.4. The Morgan fingerprint density at radius 1 is 1.20 bits per heavy atom. The number of anilines is 1. The number of para-hydroxylation sites is 1. The van der Waals surface area contributed by atoms with Gasteiger partial charge in [-0.3, -0.25) is 4.98 Å². The predicted molar refractivity (Wildman–Crippen MR) is 66.1 cm³/mol. The SMILES string of the molecule is Br.Nc1nc2c(cnc3ccccc32)[nH]1. The predicted octanol–water partition coefficient (Wildman–Crippen LogP) is 2.27. The number of nitrogens with two attached hydrogens (primary N) is 1. The van der Waals surface area contributed by atoms with Gasteiger partial charge >= 0.3 is 0 Å². The number of benzene rings is 1. The minimum absolute atomic E-state index is 0. The Bertz CT molecular complexity index is 617. The number of imidazole rings is 1. The van der Waals surface area contributed by atoms with Crippen LogP contribution in [0.2, 0.25) is 0 Å². The molecule has 0 atom stereocenters. The fourth-order valence-corrected chi connectivity index (χ4v) is 1.63. The fraction of sp³-hybridized carbons (Fsp3) is 0. The third-order valence-corrected chi connectivity index (χ3v) is 2.24. The summed E-state index contributed by atoms with van der Waals surface area (Å²) in [6.07, 6.45) is 1.75. The monoisotopic (exact) mass is 264 g/mol. The first-order valence-corrected chi connectivity index (χ1v) is 4.33. The molecular formula is C10H9BrN4. The molecule has 3 N–H and O–H groups in total. The van der Waals surface area contributed by atoms with Crippen LogP contribution in [0.15, 0.2) is 30.5 Å². The Morgan fingerprint density at radius 2 is 2.00 bits per heavy atom. The zero-order chi connectivity index (χ0) is 9.54. The summed E-state index contributed by atoms with van der Waals surface area (Å²) < 4.78 is 0. The molecule has 3 rings (SSSR count). The van der Waals surface area contributed by atoms with E-state index in [1.165, 1.54) is 0 Å². The summed E-state index contributed by atoms with van der Waals surface area (Å²) in [6.45, 7) is 0. The molecule has 0 saturated heterocycles. The number of nitrogens with zero attached hydrogens (tertiary/aromatic N) is 2. The zero-order valence-electron chi connectivity index (χ0n) is 7.77. The van der Waals surface area contributed by atoms with Crippen LogP contribution in [0.25, 0.3) is 21.9 Å². The van der Waals surface area contributed by atoms with Crippen molar-refractivity contribution < 1.29 is 0 Å². The largest absolute Gasteiger partial charge is 0.369 e. The van der Waals surface area contributed by atoms with Gasteiger partial charge in [-0.25, -0.2) is 4.98 Å². The molecule has 1 aromatic carbocycles. The Hall–Kier alpha value is -1.62. The van der Waals surface area contributed by atoms with E-state index in [1.54, 1.807) is 6.20 Å². The molecule has 2 heterocycles. The van der Waals surface area contributed by atoms with Crippen LogP contribution in [0.5, 0.6) is 0 Å². The van der Waals surface area contributed by atoms with E-state index in [0.717, 1.165) is 21.9 Å². The van der Waals surface area contributed by atoms with E-state index in [9.17, 15) is 0 Å². The van der Waals surface area contributed by atoms with Crippen molar-refractivity contribution in [2.45, 2.75) is 0 Å². The molecule has 0 unspecified atom stereocenters. The summed E-state index contributed by atoms with van der Waals surface area (Å²) in [5.41, 5.74) is 8.28. The van der Waals surface area contributed by atoms with Crippen molar-refractivity contribution in [2.24, 2.45) is 0 Å². The summed E-state index contributed by atoms with van der Waals surface area (Å²) >= 11 is 0. The van der Waals surface area contributed by atoms with Crippen molar-refractivity contribution in [3.63, 3.8) is 0 Å². The highest BCUT2D eigenvalue weighted by molar-refractivity contribution is 8.93. The quantitative estimate of drug-likeness (QED) is 0.655. The second-order valence-electron chi connectivity index (χ2n) is 3.16. The molecule has 0 aliphatic heterocycles. The molecule has 0 amide bonds. The first-order chi connectivity index (χ1) is 6.84. The lowest BCUT2D eigenvalue weighted by Gasteiger charge is -1.95. The average Bonchev–Trinajstić information content (AvgIpc) is 2.59. The minimum Gasteiger partial charge on any atom is -0.369 e. The van der Waals surface area contributed by atoms with Crippen LogP contribution in [0.4, 0.5) is 5.95 Å². The summed E-state index contributed by atoms with van der Waals surface area (Å²) in [7, 11) is 0. The van der Waals surface area contributed by atoms with Crippen molar-refractivity contribution in [1.29, 1.82) is 0 Å². The van der Waals surface area contributed by atoms with Gasteiger partial charge in [0, 0.05) is 5.39 Å². The number of fused-ring (bicyclic) bond motifs is 3. The number of hydrogen-bond acceptors (Lipinski definition) is 3. The van der Waals surface area contributed by atoms with Crippen LogP contribution in [-0.4, -0.2) is 15.0 Å². The van der Waals surface area contributed by atoms with E-state index in [0.29, 0.717) is 5.95 Å². The minimum atomic E-state index is 0. The number of nitrogen functional groups attached to an aromatic ring is 1. The second-order valence-corrected chi connectivity index (χ2v) is 3.16. The van der Waals surface area contributed by atoms with Gasteiger partial charge in [-0.15, -0.1) is 17.0 Å². The van der Waals surface area contributed by atoms with Gasteiger partial charge in [0.2, 0.25) is 0 Å². The van der Waals surface area contributed by atoms with E-state index in [4.69, 9.17) is 5.73 Å². The third-order valence-electron chi connectivity index (χ3n) is 2.24. The zero-order valence-corrected chi connectivity index (χ0v) is 9.48. The van der Waals surface area contributed by atoms with Gasteiger partial charge in [0.25, 0.3) is 0 Å². The highest BCUT2D eigenvalue weighted by atomic mass is 79.9. The molecule has 0 radical (unpaired) electrons. The molecule has 0 saturated carbocycles. The number of rotatable bonds is 0. The molecule has 3 aromatic rings. The van der Waals surface area contributed by atoms with Crippen molar-refractivity contribution >= 4 is 44.9 Å². The third kappa shape index (κ3) is 1.45. The summed E-state index contributed by atoms with van der Waals surface area (Å²) in [4.78, 5) is 11.5. The Labute approximate surface area is 96.3 Å². The number of halogens is 1. The highest BCUT2D eigenvalue weighted by Gasteiger charge is 2.04. The van der Waals surface area contributed by atoms with Crippen LogP contribution >= 0.6 is 17.0 Å². The van der Waals surface area contributed by atoms with Gasteiger partial charge in [0.05, 0.1) is 17.2 Å². The lowest BCUT2D eigenvalue weighted by Crippen LogP contribution is -1.84. The number of H-pyrrole nitrogens is 1. The van der Waals surface area contributed by atoms with Crippen LogP contribution < -0.4 is 5.73 Å². The molecule has 0 fully saturated rings. The maximum Gasteiger partial charge on any atom is 0.198 e. The molecule has 2 aromatic heterocycles. The topological polar surface area (TPSA) is 67.6 Å². The number of aromatic amines is 1. The summed E-state index contributed by atoms with van der Waals surface area (Å²) in [6, 6.07) is 7.87. The van der Waals surface area contributed by atoms with E-state index in [1.807, 2.05) is 24.3 Å². The smallest absolute Gasteiger partial charge is 0.198 e. The lowest BCUT2D eigenvalue weighted by molar-refractivity contribution is 1.35. The van der Waals surface area contributed by atoms with Crippen molar-refractivity contribution in [1.82, 2.24) is 15.0 Å². The first kappa shape index (κ1) is 9.92. The van der Waals surface area contributed by atoms with E-state index < -0.39 is 0 Å². The van der Waals surface area contributed by atoms with Gasteiger partial charge in [-0.1, -0.05) is 18.2 Å². The molecular weight excluding hydrogens is 256 g/mol. The van der Waals surface area contributed by atoms with Crippen LogP contribution in [0, 0.1) is 0 Å². The van der Waals surface area contributed by atoms with Crippen molar-refractivity contribution in [3.05, 3.63) is 30.5 Å². The van der Waals surface area contributed by atoms with Crippen LogP contribution in [0.3, 0.4) is 0 Å². The number of hydrogen-bond donors (Lipinski definition) is 2. The van der Waals surface area contributed by atoms with Crippen LogP contribution in [-0.2, 0) is 0 Å². The lowest BCUT2D eigenvalue weighted by atomic mass is 10.2. The Kier molecular flexibility index (Phi) is 2.32. The molecule has 0 aliphatic rings. The average molecular weight is 265 g/mol. The Morgan fingerprint density at radius 3 is 2.87 bits per heavy atom. The maximum atomic E-state index is 5.59. The van der Waals surface area contributed by atoms with Gasteiger partial charge in [-0.2, -0.15) is 0 Å². The Balaban J connectivity index is 0.000000853. The van der Waals surface area contributed by atoms with Crippen molar-refractivity contribution in [3.8, 4) is 0 Å². The number of nitrogens with one attached hydrogen (secondary N) is 1. The van der Waals surface area contributed by atoms with Crippen LogP contribution in [0.1, 0.15) is 0 Å². The fourth-order valence-electron chi connectivity index (χ4n) is 1.63. The molecule has 0 aliphatic carbocycles. The maximum absolute atomic E-state index is 5.59. The molecule has 4 nitrogen and oxygen atoms in total. The van der Waals surface area contributed by atoms with Gasteiger partial charge in [0.15, 0.2) is 5.95 Å². The number of pyridine rings is 1. The van der Waals surface area contributed by atoms with Gasteiger partial charge in [0.1, 0.15) is 5.52 Å². The standard InChI is InChI=1S/C10H8N4.BrH/c11-10-13-8-5-12-7-4-2-1-3-6(7)9(8)14-10;/h1-5H,(H3,11,13,14);1H. The molecule has 76 valence electrons. The van der Waals surface area contributed by atoms with Crippen molar-refractivity contribution in [2.75, 3.05) is 5.73 Å². The molecule has 0 bridgehead atoms. The van der Waals surface area contributed by atoms with E-state index >= 15 is 0 Å². The summed E-state index contributed by atoms with van der Waals surface area (Å²) in [5.74, 6) is 0.429. The summed E-state index contributed by atoms with van der Waals surface area (Å²) in [5, 5.41) is 1.03. The van der Waals surface area contributed by atoms with Gasteiger partial charge < -0.3 is 10.7 Å². The van der Waals surface area contributed by atoms with E-state index in [-0.39, 0.29) is 17.0 Å². The molecule has 0 spiro atoms.